The molecule has 160 valence electrons. The lowest BCUT2D eigenvalue weighted by atomic mass is 9.57. The molecule has 1 aliphatic carbocycles. The van der Waals surface area contributed by atoms with Crippen LogP contribution in [0.5, 0.6) is 0 Å². The highest BCUT2D eigenvalue weighted by Crippen LogP contribution is 2.59. The Bertz CT molecular complexity index is 701. The van der Waals surface area contributed by atoms with Crippen molar-refractivity contribution in [1.82, 2.24) is 9.80 Å². The topological polar surface area (TPSA) is 46.9 Å². The molecule has 4 heterocycles. The minimum absolute atomic E-state index is 0.0387. The summed E-state index contributed by atoms with van der Waals surface area (Å²) in [5, 5.41) is 23.2. The summed E-state index contributed by atoms with van der Waals surface area (Å²) < 4.78 is 0. The Morgan fingerprint density at radius 2 is 1.72 bits per heavy atom. The fraction of sp³-hybridized carbons (Fsp3) is 0.760. The molecule has 0 aromatic heterocycles. The zero-order chi connectivity index (χ0) is 19.9. The Kier molecular flexibility index (Phi) is 5.38. The van der Waals surface area contributed by atoms with Crippen LogP contribution in [0.3, 0.4) is 0 Å². The summed E-state index contributed by atoms with van der Waals surface area (Å²) in [6.07, 6.45) is 22.1. The molecule has 4 heteroatoms. The Morgan fingerprint density at radius 1 is 0.931 bits per heavy atom. The third-order valence-electron chi connectivity index (χ3n) is 8.43. The van der Waals surface area contributed by atoms with Gasteiger partial charge in [0.1, 0.15) is 5.60 Å². The molecule has 5 aliphatic rings. The number of aliphatic hydroxyl groups is 2. The van der Waals surface area contributed by atoms with Crippen molar-refractivity contribution in [2.75, 3.05) is 26.2 Å². The molecule has 29 heavy (non-hydrogen) atoms. The molecule has 0 aromatic carbocycles. The summed E-state index contributed by atoms with van der Waals surface area (Å²) in [6, 6.07) is 0.512. The quantitative estimate of drug-likeness (QED) is 0.601. The number of piperidine rings is 1. The van der Waals surface area contributed by atoms with E-state index < -0.39 is 5.60 Å². The fourth-order valence-corrected chi connectivity index (χ4v) is 7.32. The molecule has 4 nitrogen and oxygen atoms in total. The van der Waals surface area contributed by atoms with Gasteiger partial charge in [-0.15, -0.1) is 0 Å². The smallest absolute Gasteiger partial charge is 0.103 e. The lowest BCUT2D eigenvalue weighted by Crippen LogP contribution is -2.65. The average molecular weight is 399 g/mol. The van der Waals surface area contributed by atoms with E-state index in [1.165, 1.54) is 32.1 Å². The van der Waals surface area contributed by atoms with Crippen LogP contribution in [0.1, 0.15) is 64.2 Å². The highest BCUT2D eigenvalue weighted by Gasteiger charge is 2.65. The van der Waals surface area contributed by atoms with Gasteiger partial charge in [0.15, 0.2) is 0 Å². The molecule has 0 radical (unpaired) electrons. The molecular weight excluding hydrogens is 360 g/mol. The Morgan fingerprint density at radius 3 is 2.62 bits per heavy atom. The van der Waals surface area contributed by atoms with Crippen LogP contribution in [-0.4, -0.2) is 63.9 Å². The van der Waals surface area contributed by atoms with Gasteiger partial charge in [-0.25, -0.2) is 0 Å². The van der Waals surface area contributed by atoms with Gasteiger partial charge in [0.25, 0.3) is 0 Å². The van der Waals surface area contributed by atoms with E-state index in [0.717, 1.165) is 51.9 Å². The van der Waals surface area contributed by atoms with E-state index in [1.54, 1.807) is 0 Å². The minimum Gasteiger partial charge on any atom is -0.512 e. The van der Waals surface area contributed by atoms with Gasteiger partial charge >= 0.3 is 0 Å². The second kappa shape index (κ2) is 7.86. The van der Waals surface area contributed by atoms with Crippen LogP contribution >= 0.6 is 0 Å². The van der Waals surface area contributed by atoms with Gasteiger partial charge in [-0.2, -0.15) is 0 Å². The number of hydrogen-bond donors (Lipinski definition) is 2. The summed E-state index contributed by atoms with van der Waals surface area (Å²) in [5.74, 6) is 0.674. The van der Waals surface area contributed by atoms with Gasteiger partial charge in [-0.3, -0.25) is 4.90 Å². The highest BCUT2D eigenvalue weighted by molar-refractivity contribution is 5.31. The van der Waals surface area contributed by atoms with Crippen LogP contribution < -0.4 is 0 Å². The Hall–Kier alpha value is -1.10. The first-order chi connectivity index (χ1) is 14.1. The molecule has 5 rings (SSSR count). The van der Waals surface area contributed by atoms with Crippen molar-refractivity contribution in [3.8, 4) is 0 Å². The van der Waals surface area contributed by atoms with Gasteiger partial charge < -0.3 is 15.1 Å². The van der Waals surface area contributed by atoms with Crippen molar-refractivity contribution in [2.24, 2.45) is 11.3 Å². The molecule has 0 aromatic rings. The summed E-state index contributed by atoms with van der Waals surface area (Å²) in [7, 11) is 0. The fourth-order valence-electron chi connectivity index (χ4n) is 7.32. The number of nitrogens with zero attached hydrogens (tertiary/aromatic N) is 2. The summed E-state index contributed by atoms with van der Waals surface area (Å²) in [4.78, 5) is 5.28. The van der Waals surface area contributed by atoms with E-state index in [0.29, 0.717) is 18.2 Å². The first-order valence-electron chi connectivity index (χ1n) is 12.1. The summed E-state index contributed by atoms with van der Waals surface area (Å²) >= 11 is 0. The lowest BCUT2D eigenvalue weighted by Gasteiger charge is -2.57. The van der Waals surface area contributed by atoms with Gasteiger partial charge in [-0.05, 0) is 89.9 Å². The normalized spacial score (nSPS) is 46.9. The summed E-state index contributed by atoms with van der Waals surface area (Å²) in [6.45, 7) is 4.32. The van der Waals surface area contributed by atoms with Crippen molar-refractivity contribution < 1.29 is 10.2 Å². The van der Waals surface area contributed by atoms with Gasteiger partial charge in [0.05, 0.1) is 11.8 Å². The molecule has 0 saturated carbocycles. The zero-order valence-corrected chi connectivity index (χ0v) is 17.8. The second-order valence-electron chi connectivity index (χ2n) is 10.3. The van der Waals surface area contributed by atoms with Gasteiger partial charge in [0.2, 0.25) is 0 Å². The van der Waals surface area contributed by atoms with Crippen LogP contribution in [0.15, 0.2) is 36.1 Å². The van der Waals surface area contributed by atoms with Crippen molar-refractivity contribution in [3.05, 3.63) is 36.1 Å². The predicted octanol–water partition coefficient (Wildman–Crippen LogP) is 4.18. The minimum atomic E-state index is -0.941. The molecule has 3 bridgehead atoms. The van der Waals surface area contributed by atoms with Crippen LogP contribution in [0, 0.1) is 11.3 Å². The largest absolute Gasteiger partial charge is 0.512 e. The maximum Gasteiger partial charge on any atom is 0.103 e. The molecule has 2 fully saturated rings. The van der Waals surface area contributed by atoms with Crippen molar-refractivity contribution >= 4 is 0 Å². The number of allylic oxidation sites excluding steroid dienone is 4. The molecule has 4 aliphatic heterocycles. The van der Waals surface area contributed by atoms with E-state index in [-0.39, 0.29) is 17.4 Å². The van der Waals surface area contributed by atoms with Crippen LogP contribution in [0.4, 0.5) is 0 Å². The number of rotatable bonds is 0. The van der Waals surface area contributed by atoms with Crippen LogP contribution in [0.25, 0.3) is 0 Å². The first kappa shape index (κ1) is 19.8. The maximum absolute atomic E-state index is 12.1. The molecule has 1 spiro atoms. The third-order valence-corrected chi connectivity index (χ3v) is 8.43. The molecule has 1 unspecified atom stereocenters. The maximum atomic E-state index is 12.1. The third kappa shape index (κ3) is 3.41. The van der Waals surface area contributed by atoms with Gasteiger partial charge in [0, 0.05) is 23.9 Å². The van der Waals surface area contributed by atoms with E-state index in [9.17, 15) is 10.2 Å². The molecule has 0 amide bonds. The number of aliphatic hydroxyl groups excluding tert-OH is 1. The van der Waals surface area contributed by atoms with E-state index in [4.69, 9.17) is 0 Å². The average Bonchev–Trinajstić information content (AvgIpc) is 2.96. The van der Waals surface area contributed by atoms with E-state index in [1.807, 2.05) is 6.08 Å². The molecule has 6 atom stereocenters. The standard InChI is InChI=1S/C25H38N2O2/c28-22-18-25(29)13-8-4-1-2-5-9-14-26-16-12-21(22)24(19-26)17-20-11-7-3-6-10-15-27(20)23(24)25/h1,4,7,11,18,20-21,23,28-29H,2-3,5-6,8-10,12-17,19H2/b4-1?,11-7-/t20-,21-,23+,24-,25-/m0/s1. The SMILES string of the molecule is OC1=C[C@@]2(O)CCC=CCCCCN3CC[C@@H]1[C@]1(C[C@@H]4/C=C\CCCCN4[C@H]12)C3. The van der Waals surface area contributed by atoms with E-state index in [2.05, 4.69) is 34.1 Å². The predicted molar refractivity (Wildman–Crippen MR) is 117 cm³/mol. The van der Waals surface area contributed by atoms with Crippen LogP contribution in [-0.2, 0) is 0 Å². The Balaban J connectivity index is 1.60. The first-order valence-corrected chi connectivity index (χ1v) is 12.1. The molecule has 2 N–H and O–H groups in total. The Labute approximate surface area is 176 Å². The van der Waals surface area contributed by atoms with Crippen LogP contribution in [0.2, 0.25) is 0 Å². The summed E-state index contributed by atoms with van der Waals surface area (Å²) in [5.41, 5.74) is -0.979. The number of fused-ring (bicyclic) bond motifs is 2. The van der Waals surface area contributed by atoms with Crippen molar-refractivity contribution in [3.63, 3.8) is 0 Å². The lowest BCUT2D eigenvalue weighted by molar-refractivity contribution is -0.106. The van der Waals surface area contributed by atoms with Crippen molar-refractivity contribution in [2.45, 2.75) is 81.9 Å². The van der Waals surface area contributed by atoms with E-state index >= 15 is 0 Å². The second-order valence-corrected chi connectivity index (χ2v) is 10.3. The number of hydrogen-bond acceptors (Lipinski definition) is 4. The monoisotopic (exact) mass is 398 g/mol. The van der Waals surface area contributed by atoms with Gasteiger partial charge in [-0.1, -0.05) is 24.3 Å². The molecule has 2 saturated heterocycles. The molecular formula is C25H38N2O2. The van der Waals surface area contributed by atoms with Crippen molar-refractivity contribution in [1.29, 1.82) is 0 Å². The zero-order valence-electron chi connectivity index (χ0n) is 17.8. The highest BCUT2D eigenvalue weighted by atomic mass is 16.3.